The Morgan fingerprint density at radius 1 is 1.19 bits per heavy atom. The van der Waals surface area contributed by atoms with E-state index in [2.05, 4.69) is 5.32 Å². The van der Waals surface area contributed by atoms with Gasteiger partial charge in [-0.15, -0.1) is 11.3 Å². The van der Waals surface area contributed by atoms with Gasteiger partial charge in [-0.2, -0.15) is 0 Å². The van der Waals surface area contributed by atoms with E-state index in [0.29, 0.717) is 22.0 Å². The molecule has 0 saturated carbocycles. The zero-order valence-electron chi connectivity index (χ0n) is 16.1. The predicted octanol–water partition coefficient (Wildman–Crippen LogP) is 3.65. The van der Waals surface area contributed by atoms with Crippen LogP contribution < -0.4 is 21.3 Å². The first-order valence-corrected chi connectivity index (χ1v) is 10.3. The summed E-state index contributed by atoms with van der Waals surface area (Å²) in [5.74, 6) is -0.881. The van der Waals surface area contributed by atoms with Crippen molar-refractivity contribution < 1.29 is 13.9 Å². The normalized spacial score (nSPS) is 10.9. The number of benzene rings is 2. The number of nitrogens with one attached hydrogen (secondary N) is 1. The Morgan fingerprint density at radius 3 is 2.71 bits per heavy atom. The van der Waals surface area contributed by atoms with E-state index in [1.54, 1.807) is 23.6 Å². The topological polar surface area (TPSA) is 82.3 Å². The SMILES string of the molecule is COc1ccc(Cl)cc1NC(=O)Cn1c(=O)n(-c2ccccc2F)c(=O)c2sccc21. The third-order valence-electron chi connectivity index (χ3n) is 4.59. The standard InChI is InChI=1S/C21H15ClFN3O4S/c1-30-17-7-6-12(22)10-14(17)24-18(27)11-25-16-8-9-31-19(16)20(28)26(21(25)29)15-5-3-2-4-13(15)23/h2-10H,11H2,1H3,(H,24,27). The summed E-state index contributed by atoms with van der Waals surface area (Å²) >= 11 is 7.10. The second-order valence-electron chi connectivity index (χ2n) is 6.49. The number of fused-ring (bicyclic) bond motifs is 1. The van der Waals surface area contributed by atoms with Crippen LogP contribution in [-0.4, -0.2) is 22.2 Å². The first-order chi connectivity index (χ1) is 14.9. The van der Waals surface area contributed by atoms with Gasteiger partial charge in [0.05, 0.1) is 24.0 Å². The second-order valence-corrected chi connectivity index (χ2v) is 7.84. The molecule has 2 aromatic carbocycles. The summed E-state index contributed by atoms with van der Waals surface area (Å²) in [6, 6.07) is 11.8. The summed E-state index contributed by atoms with van der Waals surface area (Å²) in [5, 5.41) is 4.67. The Balaban J connectivity index is 1.80. The highest BCUT2D eigenvalue weighted by molar-refractivity contribution is 7.17. The second kappa shape index (κ2) is 8.37. The molecule has 0 spiro atoms. The lowest BCUT2D eigenvalue weighted by Gasteiger charge is -2.14. The molecule has 1 amide bonds. The van der Waals surface area contributed by atoms with Gasteiger partial charge in [-0.1, -0.05) is 23.7 Å². The molecule has 0 saturated heterocycles. The number of hydrogen-bond acceptors (Lipinski definition) is 5. The Kier molecular flexibility index (Phi) is 5.62. The molecule has 2 aromatic heterocycles. The van der Waals surface area contributed by atoms with Gasteiger partial charge in [0.15, 0.2) is 0 Å². The minimum atomic E-state index is -0.825. The average molecular weight is 460 g/mol. The van der Waals surface area contributed by atoms with Crippen molar-refractivity contribution in [3.8, 4) is 11.4 Å². The molecule has 4 aromatic rings. The molecule has 10 heteroatoms. The van der Waals surface area contributed by atoms with Crippen molar-refractivity contribution in [2.45, 2.75) is 6.54 Å². The highest BCUT2D eigenvalue weighted by Gasteiger charge is 2.19. The van der Waals surface area contributed by atoms with Crippen LogP contribution in [0.5, 0.6) is 5.75 Å². The summed E-state index contributed by atoms with van der Waals surface area (Å²) in [6.07, 6.45) is 0. The molecule has 0 aliphatic rings. The van der Waals surface area contributed by atoms with Crippen LogP contribution >= 0.6 is 22.9 Å². The summed E-state index contributed by atoms with van der Waals surface area (Å²) in [5.41, 5.74) is -1.03. The first kappa shape index (κ1) is 20.8. The van der Waals surface area contributed by atoms with Gasteiger partial charge in [-0.3, -0.25) is 14.2 Å². The molecule has 7 nitrogen and oxygen atoms in total. The number of amides is 1. The van der Waals surface area contributed by atoms with E-state index in [1.807, 2.05) is 0 Å². The quantitative estimate of drug-likeness (QED) is 0.494. The van der Waals surface area contributed by atoms with E-state index in [9.17, 15) is 18.8 Å². The van der Waals surface area contributed by atoms with Crippen molar-refractivity contribution in [3.05, 3.63) is 85.6 Å². The number of carbonyl (C=O) groups excluding carboxylic acids is 1. The van der Waals surface area contributed by atoms with Crippen LogP contribution in [-0.2, 0) is 11.3 Å². The van der Waals surface area contributed by atoms with Crippen LogP contribution in [0.25, 0.3) is 15.9 Å². The third-order valence-corrected chi connectivity index (χ3v) is 5.71. The molecule has 0 atom stereocenters. The molecule has 1 N–H and O–H groups in total. The summed E-state index contributed by atoms with van der Waals surface area (Å²) in [6.45, 7) is -0.406. The first-order valence-electron chi connectivity index (χ1n) is 9.02. The summed E-state index contributed by atoms with van der Waals surface area (Å²) in [7, 11) is 1.45. The molecule has 0 unspecified atom stereocenters. The van der Waals surface area contributed by atoms with Gasteiger partial charge in [0.2, 0.25) is 5.91 Å². The number of halogens is 2. The number of aromatic nitrogens is 2. The highest BCUT2D eigenvalue weighted by atomic mass is 35.5. The van der Waals surface area contributed by atoms with Gasteiger partial charge in [-0.05, 0) is 41.8 Å². The molecule has 4 rings (SSSR count). The van der Waals surface area contributed by atoms with Crippen molar-refractivity contribution in [1.82, 2.24) is 9.13 Å². The maximum atomic E-state index is 14.4. The molecular weight excluding hydrogens is 445 g/mol. The number of carbonyl (C=O) groups is 1. The van der Waals surface area contributed by atoms with E-state index in [4.69, 9.17) is 16.3 Å². The van der Waals surface area contributed by atoms with Crippen LogP contribution in [0, 0.1) is 5.82 Å². The van der Waals surface area contributed by atoms with Gasteiger partial charge in [0.1, 0.15) is 22.8 Å². The van der Waals surface area contributed by atoms with Gasteiger partial charge < -0.3 is 10.1 Å². The fourth-order valence-electron chi connectivity index (χ4n) is 3.20. The van der Waals surface area contributed by atoms with Gasteiger partial charge in [-0.25, -0.2) is 13.8 Å². The van der Waals surface area contributed by atoms with Crippen LogP contribution in [0.3, 0.4) is 0 Å². The van der Waals surface area contributed by atoms with Gasteiger partial charge in [0.25, 0.3) is 5.56 Å². The zero-order chi connectivity index (χ0) is 22.1. The lowest BCUT2D eigenvalue weighted by molar-refractivity contribution is -0.116. The fraction of sp³-hybridized carbons (Fsp3) is 0.0952. The van der Waals surface area contributed by atoms with E-state index in [-0.39, 0.29) is 10.4 Å². The van der Waals surface area contributed by atoms with Crippen LogP contribution in [0.4, 0.5) is 10.1 Å². The molecule has 0 radical (unpaired) electrons. The Morgan fingerprint density at radius 2 is 1.97 bits per heavy atom. The van der Waals surface area contributed by atoms with Gasteiger partial charge in [0, 0.05) is 5.02 Å². The Bertz CT molecular complexity index is 1430. The van der Waals surface area contributed by atoms with Crippen LogP contribution in [0.1, 0.15) is 0 Å². The summed E-state index contributed by atoms with van der Waals surface area (Å²) < 4.78 is 21.7. The number of ether oxygens (including phenoxy) is 1. The molecular formula is C21H15ClFN3O4S. The zero-order valence-corrected chi connectivity index (χ0v) is 17.7. The number of para-hydroxylation sites is 1. The van der Waals surface area contributed by atoms with Crippen LogP contribution in [0.2, 0.25) is 5.02 Å². The lowest BCUT2D eigenvalue weighted by atomic mass is 10.3. The third kappa shape index (κ3) is 3.85. The molecule has 0 bridgehead atoms. The lowest BCUT2D eigenvalue weighted by Crippen LogP contribution is -2.40. The van der Waals surface area contributed by atoms with Crippen molar-refractivity contribution >= 4 is 44.7 Å². The van der Waals surface area contributed by atoms with Crippen molar-refractivity contribution in [1.29, 1.82) is 0 Å². The van der Waals surface area contributed by atoms with E-state index in [0.717, 1.165) is 26.5 Å². The number of rotatable bonds is 5. The smallest absolute Gasteiger partial charge is 0.336 e. The van der Waals surface area contributed by atoms with Crippen molar-refractivity contribution in [3.63, 3.8) is 0 Å². The maximum Gasteiger partial charge on any atom is 0.336 e. The average Bonchev–Trinajstić information content (AvgIpc) is 3.23. The van der Waals surface area contributed by atoms with E-state index in [1.165, 1.54) is 31.4 Å². The predicted molar refractivity (Wildman–Crippen MR) is 118 cm³/mol. The molecule has 158 valence electrons. The Labute approximate surface area is 183 Å². The molecule has 2 heterocycles. The number of methoxy groups -OCH3 is 1. The monoisotopic (exact) mass is 459 g/mol. The molecule has 0 aliphatic carbocycles. The van der Waals surface area contributed by atoms with Crippen molar-refractivity contribution in [2.75, 3.05) is 12.4 Å². The number of nitrogens with zero attached hydrogens (tertiary/aromatic N) is 2. The van der Waals surface area contributed by atoms with E-state index >= 15 is 0 Å². The fourth-order valence-corrected chi connectivity index (χ4v) is 4.19. The number of hydrogen-bond donors (Lipinski definition) is 1. The highest BCUT2D eigenvalue weighted by Crippen LogP contribution is 2.27. The van der Waals surface area contributed by atoms with Crippen molar-refractivity contribution in [2.24, 2.45) is 0 Å². The number of thiophene rings is 1. The van der Waals surface area contributed by atoms with Gasteiger partial charge >= 0.3 is 5.69 Å². The summed E-state index contributed by atoms with van der Waals surface area (Å²) in [4.78, 5) is 38.8. The molecule has 31 heavy (non-hydrogen) atoms. The van der Waals surface area contributed by atoms with Crippen LogP contribution in [0.15, 0.2) is 63.5 Å². The van der Waals surface area contributed by atoms with E-state index < -0.39 is 29.5 Å². The minimum absolute atomic E-state index is 0.182. The molecule has 0 aliphatic heterocycles. The minimum Gasteiger partial charge on any atom is -0.495 e. The Hall–Kier alpha value is -3.43. The number of anilines is 1. The largest absolute Gasteiger partial charge is 0.495 e. The maximum absolute atomic E-state index is 14.4. The molecule has 0 fully saturated rings.